The van der Waals surface area contributed by atoms with Crippen molar-refractivity contribution in [1.82, 2.24) is 24.4 Å². The first-order valence-electron chi connectivity index (χ1n) is 13.2. The van der Waals surface area contributed by atoms with Gasteiger partial charge in [0.1, 0.15) is 6.61 Å². The third-order valence-corrected chi connectivity index (χ3v) is 6.80. The molecule has 1 amide bonds. The van der Waals surface area contributed by atoms with Crippen molar-refractivity contribution in [2.75, 3.05) is 32.5 Å². The summed E-state index contributed by atoms with van der Waals surface area (Å²) >= 11 is 0. The van der Waals surface area contributed by atoms with E-state index in [-0.39, 0.29) is 12.1 Å². The first-order chi connectivity index (χ1) is 18.1. The molecule has 4 rings (SSSR count). The van der Waals surface area contributed by atoms with Gasteiger partial charge in [-0.2, -0.15) is 15.0 Å². The number of nitrogens with two attached hydrogens (primary N) is 1. The smallest absolute Gasteiger partial charge is 0.410 e. The topological polar surface area (TPSA) is 118 Å². The van der Waals surface area contributed by atoms with Gasteiger partial charge in [0.25, 0.3) is 6.01 Å². The maximum absolute atomic E-state index is 12.4. The Bertz CT molecular complexity index is 1140. The molecule has 1 aromatic carbocycles. The second-order valence-electron chi connectivity index (χ2n) is 9.48. The molecule has 37 heavy (non-hydrogen) atoms. The van der Waals surface area contributed by atoms with Crippen LogP contribution in [0.2, 0.25) is 0 Å². The van der Waals surface area contributed by atoms with Crippen LogP contribution in [0.15, 0.2) is 30.3 Å². The fourth-order valence-electron chi connectivity index (χ4n) is 4.63. The van der Waals surface area contributed by atoms with Gasteiger partial charge in [0.2, 0.25) is 0 Å². The average molecular weight is 511 g/mol. The number of nitrogens with zero attached hydrogens (tertiary/aromatic N) is 5. The molecule has 0 bridgehead atoms. The SMILES string of the molecule is CCCCOc1nc(N)c2nc(OC)n(CCCCC3CCN(C(=O)OCc4ccccc4)CC3)c2n1. The van der Waals surface area contributed by atoms with E-state index in [1.165, 1.54) is 0 Å². The number of aryl methyl sites for hydroxylation is 1. The Kier molecular flexibility index (Phi) is 9.40. The Morgan fingerprint density at radius 1 is 1.08 bits per heavy atom. The number of ether oxygens (including phenoxy) is 3. The van der Waals surface area contributed by atoms with E-state index in [4.69, 9.17) is 19.9 Å². The molecule has 200 valence electrons. The molecule has 3 heterocycles. The van der Waals surface area contributed by atoms with Crippen LogP contribution in [0.5, 0.6) is 12.0 Å². The van der Waals surface area contributed by atoms with E-state index in [1.807, 2.05) is 39.8 Å². The summed E-state index contributed by atoms with van der Waals surface area (Å²) in [6.45, 7) is 5.18. The van der Waals surface area contributed by atoms with Crippen LogP contribution in [0.3, 0.4) is 0 Å². The number of hydrogen-bond acceptors (Lipinski definition) is 8. The number of carbonyl (C=O) groups excluding carboxylic acids is 1. The predicted octanol–water partition coefficient (Wildman–Crippen LogP) is 4.82. The number of benzene rings is 1. The summed E-state index contributed by atoms with van der Waals surface area (Å²) < 4.78 is 18.6. The molecular formula is C27H38N6O4. The summed E-state index contributed by atoms with van der Waals surface area (Å²) in [6.07, 6.45) is 6.87. The Balaban J connectivity index is 1.23. The molecule has 0 aliphatic carbocycles. The van der Waals surface area contributed by atoms with Crippen LogP contribution in [0, 0.1) is 5.92 Å². The van der Waals surface area contributed by atoms with Crippen molar-refractivity contribution >= 4 is 23.1 Å². The first-order valence-corrected chi connectivity index (χ1v) is 13.2. The van der Waals surface area contributed by atoms with Crippen molar-refractivity contribution in [3.8, 4) is 12.0 Å². The van der Waals surface area contributed by atoms with Crippen molar-refractivity contribution in [3.05, 3.63) is 35.9 Å². The van der Waals surface area contributed by atoms with Gasteiger partial charge in [-0.1, -0.05) is 56.5 Å². The molecular weight excluding hydrogens is 472 g/mol. The van der Waals surface area contributed by atoms with Gasteiger partial charge in [0.15, 0.2) is 17.0 Å². The number of anilines is 1. The lowest BCUT2D eigenvalue weighted by Crippen LogP contribution is -2.38. The highest BCUT2D eigenvalue weighted by Gasteiger charge is 2.24. The molecule has 0 spiro atoms. The van der Waals surface area contributed by atoms with E-state index in [1.54, 1.807) is 7.11 Å². The van der Waals surface area contributed by atoms with Gasteiger partial charge in [-0.3, -0.25) is 4.57 Å². The van der Waals surface area contributed by atoms with Gasteiger partial charge in [-0.25, -0.2) is 4.79 Å². The molecule has 2 aromatic heterocycles. The third kappa shape index (κ3) is 7.02. The van der Waals surface area contributed by atoms with Gasteiger partial charge in [0.05, 0.1) is 13.7 Å². The van der Waals surface area contributed by atoms with E-state index in [0.29, 0.717) is 42.1 Å². The molecule has 1 saturated heterocycles. The summed E-state index contributed by atoms with van der Waals surface area (Å²) in [5.74, 6) is 0.902. The summed E-state index contributed by atoms with van der Waals surface area (Å²) in [5.41, 5.74) is 8.31. The normalized spacial score (nSPS) is 14.2. The average Bonchev–Trinajstić information content (AvgIpc) is 3.29. The highest BCUT2D eigenvalue weighted by molar-refractivity contribution is 5.83. The number of piperidine rings is 1. The maximum atomic E-state index is 12.4. The molecule has 0 radical (unpaired) electrons. The predicted molar refractivity (Wildman–Crippen MR) is 141 cm³/mol. The summed E-state index contributed by atoms with van der Waals surface area (Å²) in [5, 5.41) is 0. The molecule has 10 nitrogen and oxygen atoms in total. The zero-order valence-corrected chi connectivity index (χ0v) is 21.9. The number of aromatic nitrogens is 4. The molecule has 0 saturated carbocycles. The first kappa shape index (κ1) is 26.5. The van der Waals surface area contributed by atoms with Crippen LogP contribution >= 0.6 is 0 Å². The van der Waals surface area contributed by atoms with E-state index < -0.39 is 0 Å². The highest BCUT2D eigenvalue weighted by atomic mass is 16.6. The van der Waals surface area contributed by atoms with E-state index in [9.17, 15) is 4.79 Å². The zero-order chi connectivity index (χ0) is 26.0. The molecule has 10 heteroatoms. The van der Waals surface area contributed by atoms with Crippen LogP contribution in [0.4, 0.5) is 10.6 Å². The van der Waals surface area contributed by atoms with Crippen molar-refractivity contribution < 1.29 is 19.0 Å². The van der Waals surface area contributed by atoms with Crippen LogP contribution in [-0.2, 0) is 17.9 Å². The minimum atomic E-state index is -0.222. The fourth-order valence-corrected chi connectivity index (χ4v) is 4.63. The van der Waals surface area contributed by atoms with Crippen LogP contribution in [0.1, 0.15) is 57.4 Å². The lowest BCUT2D eigenvalue weighted by molar-refractivity contribution is 0.0813. The Labute approximate surface area is 218 Å². The van der Waals surface area contributed by atoms with E-state index >= 15 is 0 Å². The van der Waals surface area contributed by atoms with Crippen molar-refractivity contribution in [2.45, 2.75) is 65.0 Å². The highest BCUT2D eigenvalue weighted by Crippen LogP contribution is 2.27. The van der Waals surface area contributed by atoms with Gasteiger partial charge >= 0.3 is 12.1 Å². The number of amides is 1. The fraction of sp³-hybridized carbons (Fsp3) is 0.556. The van der Waals surface area contributed by atoms with Crippen molar-refractivity contribution in [3.63, 3.8) is 0 Å². The summed E-state index contributed by atoms with van der Waals surface area (Å²) in [4.78, 5) is 27.5. The lowest BCUT2D eigenvalue weighted by atomic mass is 9.92. The minimum absolute atomic E-state index is 0.222. The number of fused-ring (bicyclic) bond motifs is 1. The second kappa shape index (κ2) is 13.1. The molecule has 2 N–H and O–H groups in total. The molecule has 1 aliphatic heterocycles. The third-order valence-electron chi connectivity index (χ3n) is 6.80. The number of nitrogen functional groups attached to an aromatic ring is 1. The molecule has 1 aliphatic rings. The molecule has 0 atom stereocenters. The standard InChI is InChI=1S/C27H38N6O4/c1-3-4-18-36-25-30-23(28)22-24(31-25)33(26(29-22)35-2)15-9-8-10-20-13-16-32(17-14-20)27(34)37-19-21-11-6-5-7-12-21/h5-7,11-12,20H,3-4,8-10,13-19H2,1-2H3,(H2,28,30,31). The van der Waals surface area contributed by atoms with Crippen LogP contribution in [-0.4, -0.2) is 57.3 Å². The minimum Gasteiger partial charge on any atom is -0.468 e. The van der Waals surface area contributed by atoms with Gasteiger partial charge in [-0.15, -0.1) is 0 Å². The van der Waals surface area contributed by atoms with E-state index in [2.05, 4.69) is 21.9 Å². The Hall–Kier alpha value is -3.56. The summed E-state index contributed by atoms with van der Waals surface area (Å²) in [7, 11) is 1.60. The van der Waals surface area contributed by atoms with Gasteiger partial charge in [0, 0.05) is 19.6 Å². The Morgan fingerprint density at radius 3 is 2.59 bits per heavy atom. The van der Waals surface area contributed by atoms with Gasteiger partial charge < -0.3 is 24.8 Å². The molecule has 1 fully saturated rings. The maximum Gasteiger partial charge on any atom is 0.410 e. The number of likely N-dealkylation sites (tertiary alicyclic amines) is 1. The quantitative estimate of drug-likeness (QED) is 0.345. The number of methoxy groups -OCH3 is 1. The van der Waals surface area contributed by atoms with Crippen LogP contribution in [0.25, 0.3) is 11.2 Å². The van der Waals surface area contributed by atoms with Gasteiger partial charge in [-0.05, 0) is 37.2 Å². The number of imidazole rings is 1. The second-order valence-corrected chi connectivity index (χ2v) is 9.48. The van der Waals surface area contributed by atoms with Crippen LogP contribution < -0.4 is 15.2 Å². The lowest BCUT2D eigenvalue weighted by Gasteiger charge is -2.31. The number of rotatable bonds is 12. The Morgan fingerprint density at radius 2 is 1.86 bits per heavy atom. The van der Waals surface area contributed by atoms with E-state index in [0.717, 1.165) is 70.1 Å². The number of hydrogen-bond donors (Lipinski definition) is 1. The van der Waals surface area contributed by atoms with Crippen molar-refractivity contribution in [2.24, 2.45) is 5.92 Å². The number of unbranched alkanes of at least 4 members (excludes halogenated alkanes) is 2. The van der Waals surface area contributed by atoms with Crippen molar-refractivity contribution in [1.29, 1.82) is 0 Å². The largest absolute Gasteiger partial charge is 0.468 e. The number of carbonyl (C=O) groups is 1. The molecule has 3 aromatic rings. The monoisotopic (exact) mass is 510 g/mol. The summed E-state index contributed by atoms with van der Waals surface area (Å²) in [6, 6.07) is 10.5. The molecule has 0 unspecified atom stereocenters. The zero-order valence-electron chi connectivity index (χ0n) is 21.9.